The Balaban J connectivity index is 0.00000420. The maximum atomic E-state index is 5.77. The van der Waals surface area contributed by atoms with E-state index in [2.05, 4.69) is 15.6 Å². The predicted molar refractivity (Wildman–Crippen MR) is 131 cm³/mol. The first-order valence-electron chi connectivity index (χ1n) is 9.52. The molecule has 0 fully saturated rings. The number of nitrogens with zero attached hydrogens (tertiary/aromatic N) is 3. The predicted octanol–water partition coefficient (Wildman–Crippen LogP) is 3.76. The van der Waals surface area contributed by atoms with E-state index in [1.54, 1.807) is 13.3 Å². The van der Waals surface area contributed by atoms with Gasteiger partial charge in [-0.25, -0.2) is 9.98 Å². The minimum atomic E-state index is 0. The van der Waals surface area contributed by atoms with Gasteiger partial charge in [-0.3, -0.25) is 0 Å². The van der Waals surface area contributed by atoms with E-state index in [1.165, 1.54) is 0 Å². The first-order chi connectivity index (χ1) is 13.6. The third-order valence-electron chi connectivity index (χ3n) is 3.90. The third-order valence-corrected chi connectivity index (χ3v) is 3.90. The van der Waals surface area contributed by atoms with Crippen molar-refractivity contribution in [2.45, 2.75) is 19.9 Å². The van der Waals surface area contributed by atoms with Crippen molar-refractivity contribution in [3.05, 3.63) is 48.2 Å². The molecule has 29 heavy (non-hydrogen) atoms. The lowest BCUT2D eigenvalue weighted by molar-refractivity contribution is 0.172. The highest BCUT2D eigenvalue weighted by molar-refractivity contribution is 14.0. The van der Waals surface area contributed by atoms with Crippen LogP contribution < -0.4 is 20.3 Å². The number of hydrogen-bond acceptors (Lipinski definition) is 5. The van der Waals surface area contributed by atoms with Crippen LogP contribution in [0.1, 0.15) is 18.9 Å². The molecular formula is C21H32IN5O2. The summed E-state index contributed by atoms with van der Waals surface area (Å²) in [6, 6.07) is 11.8. The molecular weight excluding hydrogens is 481 g/mol. The van der Waals surface area contributed by atoms with Crippen LogP contribution in [-0.2, 0) is 11.3 Å². The molecule has 0 aliphatic carbocycles. The smallest absolute Gasteiger partial charge is 0.196 e. The second kappa shape index (κ2) is 14.0. The summed E-state index contributed by atoms with van der Waals surface area (Å²) in [7, 11) is 5.66. The van der Waals surface area contributed by atoms with Gasteiger partial charge in [0.15, 0.2) is 5.96 Å². The fraction of sp³-hybridized carbons (Fsp3) is 0.429. The standard InChI is InChI=1S/C21H31N5O2.HI/c1-5-22-21(24-16-17-9-7-12-23-20(17)26(2)3)25-18-10-6-11-19(15-18)28-14-8-13-27-4;/h6-7,9-12,15H,5,8,13-14,16H2,1-4H3,(H2,22,24,25);1H. The van der Waals surface area contributed by atoms with Gasteiger partial charge < -0.3 is 25.0 Å². The van der Waals surface area contributed by atoms with Crippen LogP contribution >= 0.6 is 24.0 Å². The number of nitrogens with one attached hydrogen (secondary N) is 2. The molecule has 2 N–H and O–H groups in total. The Morgan fingerprint density at radius 1 is 1.17 bits per heavy atom. The molecule has 160 valence electrons. The number of pyridine rings is 1. The van der Waals surface area contributed by atoms with E-state index < -0.39 is 0 Å². The quantitative estimate of drug-likeness (QED) is 0.218. The highest BCUT2D eigenvalue weighted by Gasteiger charge is 2.06. The number of aromatic nitrogens is 1. The Bertz CT molecular complexity index is 755. The van der Waals surface area contributed by atoms with Crippen LogP contribution in [0.3, 0.4) is 0 Å². The molecule has 0 aliphatic heterocycles. The average Bonchev–Trinajstić information content (AvgIpc) is 2.70. The summed E-state index contributed by atoms with van der Waals surface area (Å²) in [6.45, 7) is 4.66. The van der Waals surface area contributed by atoms with Gasteiger partial charge in [-0.1, -0.05) is 12.1 Å². The molecule has 0 radical (unpaired) electrons. The Morgan fingerprint density at radius 2 is 2.00 bits per heavy atom. The number of hydrogen-bond donors (Lipinski definition) is 2. The van der Waals surface area contributed by atoms with E-state index >= 15 is 0 Å². The Labute approximate surface area is 190 Å². The van der Waals surface area contributed by atoms with Gasteiger partial charge in [-0.15, -0.1) is 24.0 Å². The zero-order valence-electron chi connectivity index (χ0n) is 17.6. The number of halogens is 1. The van der Waals surface area contributed by atoms with Gasteiger partial charge in [0.1, 0.15) is 11.6 Å². The number of ether oxygens (including phenoxy) is 2. The van der Waals surface area contributed by atoms with Gasteiger partial charge in [0.05, 0.1) is 13.2 Å². The highest BCUT2D eigenvalue weighted by atomic mass is 127. The van der Waals surface area contributed by atoms with Crippen molar-refractivity contribution in [3.8, 4) is 5.75 Å². The van der Waals surface area contributed by atoms with Crippen LogP contribution in [0.2, 0.25) is 0 Å². The summed E-state index contributed by atoms with van der Waals surface area (Å²) in [5.41, 5.74) is 1.99. The maximum Gasteiger partial charge on any atom is 0.196 e. The summed E-state index contributed by atoms with van der Waals surface area (Å²) < 4.78 is 10.8. The molecule has 0 bridgehead atoms. The normalized spacial score (nSPS) is 10.8. The maximum absolute atomic E-state index is 5.77. The van der Waals surface area contributed by atoms with Gasteiger partial charge in [-0.2, -0.15) is 0 Å². The number of guanidine groups is 1. The van der Waals surface area contributed by atoms with Crippen molar-refractivity contribution in [1.82, 2.24) is 10.3 Å². The van der Waals surface area contributed by atoms with Crippen LogP contribution in [0.25, 0.3) is 0 Å². The number of methoxy groups -OCH3 is 1. The molecule has 0 spiro atoms. The van der Waals surface area contributed by atoms with Crippen molar-refractivity contribution < 1.29 is 9.47 Å². The minimum absolute atomic E-state index is 0. The largest absolute Gasteiger partial charge is 0.493 e. The first kappa shape index (κ1) is 25.0. The van der Waals surface area contributed by atoms with Crippen molar-refractivity contribution in [1.29, 1.82) is 0 Å². The highest BCUT2D eigenvalue weighted by Crippen LogP contribution is 2.18. The molecule has 0 saturated carbocycles. The molecule has 0 atom stereocenters. The lowest BCUT2D eigenvalue weighted by Gasteiger charge is -2.16. The second-order valence-corrected chi connectivity index (χ2v) is 6.42. The van der Waals surface area contributed by atoms with Crippen LogP contribution in [0.5, 0.6) is 5.75 Å². The van der Waals surface area contributed by atoms with Gasteiger partial charge >= 0.3 is 0 Å². The SMILES string of the molecule is CCNC(=NCc1cccnc1N(C)C)Nc1cccc(OCCCOC)c1.I. The Hall–Kier alpha value is -2.07. The molecule has 1 aromatic carbocycles. The van der Waals surface area contributed by atoms with Crippen LogP contribution in [0.15, 0.2) is 47.6 Å². The van der Waals surface area contributed by atoms with E-state index in [1.807, 2.05) is 62.3 Å². The number of rotatable bonds is 10. The zero-order valence-corrected chi connectivity index (χ0v) is 20.0. The number of benzene rings is 1. The lowest BCUT2D eigenvalue weighted by atomic mass is 10.2. The minimum Gasteiger partial charge on any atom is -0.493 e. The molecule has 0 saturated heterocycles. The van der Waals surface area contributed by atoms with E-state index in [-0.39, 0.29) is 24.0 Å². The van der Waals surface area contributed by atoms with Crippen LogP contribution in [0.4, 0.5) is 11.5 Å². The van der Waals surface area contributed by atoms with E-state index in [4.69, 9.17) is 14.5 Å². The van der Waals surface area contributed by atoms with E-state index in [0.717, 1.165) is 35.8 Å². The van der Waals surface area contributed by atoms with Crippen molar-refractivity contribution in [2.24, 2.45) is 4.99 Å². The van der Waals surface area contributed by atoms with Gasteiger partial charge in [0.25, 0.3) is 0 Å². The summed E-state index contributed by atoms with van der Waals surface area (Å²) in [5, 5.41) is 6.62. The third kappa shape index (κ3) is 8.86. The van der Waals surface area contributed by atoms with Crippen LogP contribution in [-0.4, -0.2) is 51.9 Å². The summed E-state index contributed by atoms with van der Waals surface area (Å²) in [5.74, 6) is 2.46. The van der Waals surface area contributed by atoms with Gasteiger partial charge in [0, 0.05) is 64.3 Å². The zero-order chi connectivity index (χ0) is 20.2. The summed E-state index contributed by atoms with van der Waals surface area (Å²) >= 11 is 0. The summed E-state index contributed by atoms with van der Waals surface area (Å²) in [4.78, 5) is 11.1. The molecule has 0 aliphatic rings. The Kier molecular flexibility index (Phi) is 12.1. The molecule has 0 amide bonds. The molecule has 2 rings (SSSR count). The topological polar surface area (TPSA) is 71.0 Å². The fourth-order valence-electron chi connectivity index (χ4n) is 2.62. The van der Waals surface area contributed by atoms with Crippen LogP contribution in [0, 0.1) is 0 Å². The monoisotopic (exact) mass is 513 g/mol. The van der Waals surface area contributed by atoms with E-state index in [0.29, 0.717) is 25.7 Å². The first-order valence-corrected chi connectivity index (χ1v) is 9.52. The Morgan fingerprint density at radius 3 is 2.72 bits per heavy atom. The van der Waals surface area contributed by atoms with Crippen molar-refractivity contribution in [2.75, 3.05) is 51.2 Å². The average molecular weight is 513 g/mol. The second-order valence-electron chi connectivity index (χ2n) is 6.42. The van der Waals surface area contributed by atoms with E-state index in [9.17, 15) is 0 Å². The van der Waals surface area contributed by atoms with Gasteiger partial charge in [-0.05, 0) is 25.1 Å². The molecule has 8 heteroatoms. The lowest BCUT2D eigenvalue weighted by Crippen LogP contribution is -2.30. The molecule has 0 unspecified atom stereocenters. The molecule has 7 nitrogen and oxygen atoms in total. The summed E-state index contributed by atoms with van der Waals surface area (Å²) in [6.07, 6.45) is 2.65. The molecule has 1 heterocycles. The number of aliphatic imine (C=N–C) groups is 1. The number of anilines is 2. The van der Waals surface area contributed by atoms with Crippen molar-refractivity contribution in [3.63, 3.8) is 0 Å². The molecule has 2 aromatic rings. The van der Waals surface area contributed by atoms with Crippen molar-refractivity contribution >= 4 is 41.4 Å². The van der Waals surface area contributed by atoms with Gasteiger partial charge in [0.2, 0.25) is 0 Å². The molecule has 1 aromatic heterocycles. The fourth-order valence-corrected chi connectivity index (χ4v) is 2.62.